The van der Waals surface area contributed by atoms with Crippen LogP contribution in [0.3, 0.4) is 0 Å². The summed E-state index contributed by atoms with van der Waals surface area (Å²) in [4.78, 5) is 28.9. The fraction of sp³-hybridized carbons (Fsp3) is 0.190. The summed E-state index contributed by atoms with van der Waals surface area (Å²) in [6.45, 7) is 1.77. The number of esters is 1. The molecule has 3 aromatic rings. The van der Waals surface area contributed by atoms with Crippen molar-refractivity contribution in [2.45, 2.75) is 25.7 Å². The molecule has 0 aliphatic heterocycles. The van der Waals surface area contributed by atoms with Crippen molar-refractivity contribution in [1.82, 2.24) is 4.98 Å². The highest BCUT2D eigenvalue weighted by Gasteiger charge is 2.33. The number of rotatable bonds is 4. The molecule has 4 nitrogen and oxygen atoms in total. The molecule has 1 heterocycles. The van der Waals surface area contributed by atoms with E-state index in [1.807, 2.05) is 0 Å². The third kappa shape index (κ3) is 3.45. The van der Waals surface area contributed by atoms with Gasteiger partial charge in [-0.2, -0.15) is 0 Å². The Hall–Kier alpha value is -2.93. The number of Topliss-reactive ketones (excluding diaryl/α,β-unsaturated/α-hetero) is 1. The Balaban J connectivity index is 1.51. The zero-order valence-electron chi connectivity index (χ0n) is 14.9. The van der Waals surface area contributed by atoms with Gasteiger partial charge in [0.1, 0.15) is 22.4 Å². The van der Waals surface area contributed by atoms with Crippen LogP contribution in [-0.2, 0) is 11.2 Å². The van der Waals surface area contributed by atoms with E-state index in [1.54, 1.807) is 24.4 Å². The van der Waals surface area contributed by atoms with Crippen molar-refractivity contribution in [3.05, 3.63) is 70.2 Å². The first-order chi connectivity index (χ1) is 13.4. The van der Waals surface area contributed by atoms with Crippen LogP contribution in [0, 0.1) is 11.6 Å². The number of hydrogen-bond donors (Lipinski definition) is 0. The van der Waals surface area contributed by atoms with E-state index in [4.69, 9.17) is 4.74 Å². The average molecular weight is 399 g/mol. The zero-order chi connectivity index (χ0) is 19.8. The maximum atomic E-state index is 14.0. The highest BCUT2D eigenvalue weighted by molar-refractivity contribution is 7.13. The van der Waals surface area contributed by atoms with E-state index in [-0.39, 0.29) is 41.7 Å². The average Bonchev–Trinajstić information content (AvgIpc) is 3.23. The van der Waals surface area contributed by atoms with Crippen molar-refractivity contribution in [2.75, 3.05) is 0 Å². The first-order valence-corrected chi connectivity index (χ1v) is 9.57. The van der Waals surface area contributed by atoms with E-state index in [1.165, 1.54) is 35.6 Å². The number of fused-ring (bicyclic) bond motifs is 1. The topological polar surface area (TPSA) is 56.3 Å². The lowest BCUT2D eigenvalue weighted by atomic mass is 10.0. The molecule has 0 fully saturated rings. The number of aromatic nitrogens is 1. The van der Waals surface area contributed by atoms with Gasteiger partial charge in [0.2, 0.25) is 0 Å². The Kier molecular flexibility index (Phi) is 4.77. The van der Waals surface area contributed by atoms with E-state index >= 15 is 0 Å². The number of hydrogen-bond acceptors (Lipinski definition) is 5. The molecular weight excluding hydrogens is 384 g/mol. The predicted molar refractivity (Wildman–Crippen MR) is 101 cm³/mol. The van der Waals surface area contributed by atoms with Gasteiger partial charge in [-0.05, 0) is 42.3 Å². The van der Waals surface area contributed by atoms with E-state index < -0.39 is 11.8 Å². The summed E-state index contributed by atoms with van der Waals surface area (Å²) in [6, 6.07) is 8.45. The Labute approximate surface area is 163 Å². The van der Waals surface area contributed by atoms with Crippen LogP contribution in [0.25, 0.3) is 10.6 Å². The molecule has 1 unspecified atom stereocenters. The SMILES string of the molecule is CC1CC(=O)c2c(OC(=O)Cc3csc(-c4ccc(F)cc4)n3)ccc(F)c21. The van der Waals surface area contributed by atoms with Crippen molar-refractivity contribution >= 4 is 23.1 Å². The van der Waals surface area contributed by atoms with Crippen LogP contribution < -0.4 is 4.74 Å². The monoisotopic (exact) mass is 399 g/mol. The molecular formula is C21H15F2NO3S. The standard InChI is InChI=1S/C21H15F2NO3S/c1-11-8-16(25)20-17(7-6-15(23)19(11)20)27-18(26)9-14-10-28-21(24-14)12-2-4-13(22)5-3-12/h2-7,10-11H,8-9H2,1H3. The Morgan fingerprint density at radius 2 is 1.96 bits per heavy atom. The predicted octanol–water partition coefficient (Wildman–Crippen LogP) is 4.93. The second kappa shape index (κ2) is 7.24. The number of benzene rings is 2. The van der Waals surface area contributed by atoms with Gasteiger partial charge in [-0.1, -0.05) is 6.92 Å². The van der Waals surface area contributed by atoms with E-state index in [9.17, 15) is 18.4 Å². The number of ketones is 1. The lowest BCUT2D eigenvalue weighted by Crippen LogP contribution is -2.13. The molecule has 2 aromatic carbocycles. The summed E-state index contributed by atoms with van der Waals surface area (Å²) >= 11 is 1.33. The van der Waals surface area contributed by atoms with Crippen LogP contribution in [0.4, 0.5) is 8.78 Å². The Morgan fingerprint density at radius 1 is 1.21 bits per heavy atom. The highest BCUT2D eigenvalue weighted by Crippen LogP contribution is 2.39. The largest absolute Gasteiger partial charge is 0.425 e. The minimum Gasteiger partial charge on any atom is -0.425 e. The normalized spacial score (nSPS) is 15.5. The van der Waals surface area contributed by atoms with Gasteiger partial charge in [-0.25, -0.2) is 13.8 Å². The molecule has 4 rings (SSSR count). The van der Waals surface area contributed by atoms with Crippen LogP contribution >= 0.6 is 11.3 Å². The smallest absolute Gasteiger partial charge is 0.317 e. The van der Waals surface area contributed by atoms with E-state index in [0.29, 0.717) is 16.3 Å². The van der Waals surface area contributed by atoms with Crippen molar-refractivity contribution in [1.29, 1.82) is 0 Å². The lowest BCUT2D eigenvalue weighted by molar-refractivity contribution is -0.133. The zero-order valence-corrected chi connectivity index (χ0v) is 15.7. The van der Waals surface area contributed by atoms with Crippen LogP contribution in [0.5, 0.6) is 5.75 Å². The molecule has 7 heteroatoms. The fourth-order valence-corrected chi connectivity index (χ4v) is 4.16. The molecule has 28 heavy (non-hydrogen) atoms. The third-order valence-corrected chi connectivity index (χ3v) is 5.55. The maximum Gasteiger partial charge on any atom is 0.317 e. The molecule has 0 spiro atoms. The molecule has 0 amide bonds. The molecule has 1 atom stereocenters. The number of thiazole rings is 1. The van der Waals surface area contributed by atoms with Crippen molar-refractivity contribution < 1.29 is 23.1 Å². The Morgan fingerprint density at radius 3 is 2.71 bits per heavy atom. The number of ether oxygens (including phenoxy) is 1. The van der Waals surface area contributed by atoms with Crippen molar-refractivity contribution in [2.24, 2.45) is 0 Å². The second-order valence-corrected chi connectivity index (χ2v) is 7.52. The van der Waals surface area contributed by atoms with Gasteiger partial charge in [-0.3, -0.25) is 9.59 Å². The summed E-state index contributed by atoms with van der Waals surface area (Å²) in [7, 11) is 0. The van der Waals surface area contributed by atoms with Crippen LogP contribution in [0.1, 0.15) is 40.9 Å². The molecule has 1 aliphatic rings. The molecule has 0 saturated carbocycles. The summed E-state index contributed by atoms with van der Waals surface area (Å²) in [5.41, 5.74) is 1.73. The first-order valence-electron chi connectivity index (χ1n) is 8.69. The number of carbonyl (C=O) groups excluding carboxylic acids is 2. The first kappa shape index (κ1) is 18.4. The second-order valence-electron chi connectivity index (χ2n) is 6.66. The molecule has 142 valence electrons. The minimum atomic E-state index is -0.586. The fourth-order valence-electron chi connectivity index (χ4n) is 3.33. The third-order valence-electron chi connectivity index (χ3n) is 4.61. The van der Waals surface area contributed by atoms with Crippen LogP contribution in [0.2, 0.25) is 0 Å². The number of carbonyl (C=O) groups is 2. The maximum absolute atomic E-state index is 14.0. The summed E-state index contributed by atoms with van der Waals surface area (Å²) in [5.74, 6) is -1.76. The molecule has 0 N–H and O–H groups in total. The van der Waals surface area contributed by atoms with Crippen molar-refractivity contribution in [3.8, 4) is 16.3 Å². The quantitative estimate of drug-likeness (QED) is 0.461. The highest BCUT2D eigenvalue weighted by atomic mass is 32.1. The van der Waals surface area contributed by atoms with Crippen LogP contribution in [-0.4, -0.2) is 16.7 Å². The van der Waals surface area contributed by atoms with Crippen molar-refractivity contribution in [3.63, 3.8) is 0 Å². The summed E-state index contributed by atoms with van der Waals surface area (Å²) in [6.07, 6.45) is 0.113. The van der Waals surface area contributed by atoms with Gasteiger partial charge < -0.3 is 4.74 Å². The lowest BCUT2D eigenvalue weighted by Gasteiger charge is -2.10. The van der Waals surface area contributed by atoms with E-state index in [2.05, 4.69) is 4.98 Å². The van der Waals surface area contributed by atoms with Gasteiger partial charge >= 0.3 is 5.97 Å². The summed E-state index contributed by atoms with van der Waals surface area (Å²) < 4.78 is 32.4. The molecule has 0 radical (unpaired) electrons. The van der Waals surface area contributed by atoms with Gasteiger partial charge in [0.05, 0.1) is 17.7 Å². The minimum absolute atomic E-state index is 0.0877. The van der Waals surface area contributed by atoms with Gasteiger partial charge in [0, 0.05) is 22.9 Å². The Bertz CT molecular complexity index is 1080. The number of nitrogens with zero attached hydrogens (tertiary/aromatic N) is 1. The van der Waals surface area contributed by atoms with Gasteiger partial charge in [0.25, 0.3) is 0 Å². The van der Waals surface area contributed by atoms with Crippen LogP contribution in [0.15, 0.2) is 41.8 Å². The summed E-state index contributed by atoms with van der Waals surface area (Å²) in [5, 5.41) is 2.39. The molecule has 1 aliphatic carbocycles. The van der Waals surface area contributed by atoms with E-state index in [0.717, 1.165) is 5.56 Å². The molecule has 0 bridgehead atoms. The van der Waals surface area contributed by atoms with Gasteiger partial charge in [-0.15, -0.1) is 11.3 Å². The molecule has 1 aromatic heterocycles. The molecule has 0 saturated heterocycles. The number of halogens is 2. The van der Waals surface area contributed by atoms with Gasteiger partial charge in [0.15, 0.2) is 5.78 Å².